The molecule has 1 N–H and O–H groups in total. The highest BCUT2D eigenvalue weighted by Crippen LogP contribution is 2.24. The molecule has 28 heavy (non-hydrogen) atoms. The minimum Gasteiger partial charge on any atom is -0.352 e. The Bertz CT molecular complexity index is 860. The Morgan fingerprint density at radius 2 is 1.93 bits per heavy atom. The van der Waals surface area contributed by atoms with Crippen LogP contribution in [-0.4, -0.2) is 13.0 Å². The second kappa shape index (κ2) is 9.79. The lowest BCUT2D eigenvalue weighted by molar-refractivity contribution is -0.125. The van der Waals surface area contributed by atoms with Gasteiger partial charge in [-0.1, -0.05) is 49.4 Å². The first-order chi connectivity index (χ1) is 13.2. The second-order valence-corrected chi connectivity index (χ2v) is 7.94. The van der Waals surface area contributed by atoms with E-state index >= 15 is 0 Å². The summed E-state index contributed by atoms with van der Waals surface area (Å²) in [6.07, 6.45) is 1.42. The first-order valence-corrected chi connectivity index (χ1v) is 10.1. The Balaban J connectivity index is 2.05. The van der Waals surface area contributed by atoms with Crippen LogP contribution >= 0.6 is 11.6 Å². The van der Waals surface area contributed by atoms with E-state index in [-0.39, 0.29) is 11.8 Å². The topological polar surface area (TPSA) is 32.3 Å². The first kappa shape index (κ1) is 22.0. The molecule has 150 valence electrons. The third-order valence-electron chi connectivity index (χ3n) is 5.21. The van der Waals surface area contributed by atoms with Crippen LogP contribution in [-0.2, 0) is 17.8 Å². The number of rotatable bonds is 8. The molecule has 0 aromatic heterocycles. The third kappa shape index (κ3) is 5.62. The largest absolute Gasteiger partial charge is 0.352 e. The molecule has 0 aliphatic heterocycles. The zero-order valence-corrected chi connectivity index (χ0v) is 18.4. The van der Waals surface area contributed by atoms with Crippen LogP contribution in [0, 0.1) is 19.8 Å². The molecular formula is C24H31ClN2O. The average Bonchev–Trinajstić information content (AvgIpc) is 2.65. The van der Waals surface area contributed by atoms with E-state index in [9.17, 15) is 4.79 Å². The molecule has 2 aromatic carbocycles. The molecule has 0 aliphatic rings. The molecule has 0 saturated heterocycles. The van der Waals surface area contributed by atoms with Gasteiger partial charge in [-0.05, 0) is 68.0 Å². The summed E-state index contributed by atoms with van der Waals surface area (Å²) < 4.78 is 0. The SMILES string of the molecule is C=C(C)N(C)c1cc(CNC(=O)C(CC)Cc2ccc(C)cc2Cl)ccc1C. The monoisotopic (exact) mass is 398 g/mol. The predicted octanol–water partition coefficient (Wildman–Crippen LogP) is 5.81. The summed E-state index contributed by atoms with van der Waals surface area (Å²) in [5.74, 6) is -0.0299. The van der Waals surface area contributed by atoms with Gasteiger partial charge in [-0.25, -0.2) is 0 Å². The number of allylic oxidation sites excluding steroid dienone is 1. The third-order valence-corrected chi connectivity index (χ3v) is 5.56. The van der Waals surface area contributed by atoms with Crippen LogP contribution in [0.25, 0.3) is 0 Å². The molecule has 0 radical (unpaired) electrons. The summed E-state index contributed by atoms with van der Waals surface area (Å²) in [5.41, 5.74) is 6.49. The van der Waals surface area contributed by atoms with Gasteiger partial charge in [-0.3, -0.25) is 4.79 Å². The van der Waals surface area contributed by atoms with E-state index in [4.69, 9.17) is 11.6 Å². The molecule has 1 amide bonds. The maximum absolute atomic E-state index is 12.7. The lowest BCUT2D eigenvalue weighted by Crippen LogP contribution is -2.31. The predicted molar refractivity (Wildman–Crippen MR) is 120 cm³/mol. The maximum atomic E-state index is 12.7. The van der Waals surface area contributed by atoms with Gasteiger partial charge < -0.3 is 10.2 Å². The smallest absolute Gasteiger partial charge is 0.223 e. The minimum absolute atomic E-state index is 0.0644. The van der Waals surface area contributed by atoms with Gasteiger partial charge in [0.15, 0.2) is 0 Å². The van der Waals surface area contributed by atoms with E-state index in [0.29, 0.717) is 13.0 Å². The van der Waals surface area contributed by atoms with Crippen molar-refractivity contribution in [3.05, 3.63) is 76.0 Å². The summed E-state index contributed by atoms with van der Waals surface area (Å²) >= 11 is 6.35. The molecule has 1 unspecified atom stereocenters. The van der Waals surface area contributed by atoms with E-state index in [1.807, 2.05) is 46.0 Å². The van der Waals surface area contributed by atoms with Crippen molar-refractivity contribution >= 4 is 23.2 Å². The van der Waals surface area contributed by atoms with Gasteiger partial charge in [-0.2, -0.15) is 0 Å². The van der Waals surface area contributed by atoms with Gasteiger partial charge >= 0.3 is 0 Å². The van der Waals surface area contributed by atoms with Gasteiger partial charge in [-0.15, -0.1) is 0 Å². The lowest BCUT2D eigenvalue weighted by Gasteiger charge is -2.22. The number of nitrogens with one attached hydrogen (secondary N) is 1. The fraction of sp³-hybridized carbons (Fsp3) is 0.375. The van der Waals surface area contributed by atoms with Crippen molar-refractivity contribution < 1.29 is 4.79 Å². The fourth-order valence-corrected chi connectivity index (χ4v) is 3.48. The first-order valence-electron chi connectivity index (χ1n) is 9.74. The molecule has 1 atom stereocenters. The number of aryl methyl sites for hydroxylation is 2. The van der Waals surface area contributed by atoms with Gasteiger partial charge in [0.05, 0.1) is 0 Å². The number of carbonyl (C=O) groups excluding carboxylic acids is 1. The van der Waals surface area contributed by atoms with Crippen LogP contribution < -0.4 is 10.2 Å². The molecule has 0 spiro atoms. The van der Waals surface area contributed by atoms with E-state index in [2.05, 4.69) is 41.9 Å². The van der Waals surface area contributed by atoms with Crippen molar-refractivity contribution in [3.8, 4) is 0 Å². The zero-order chi connectivity index (χ0) is 20.8. The minimum atomic E-state index is -0.0942. The lowest BCUT2D eigenvalue weighted by atomic mass is 9.95. The Morgan fingerprint density at radius 3 is 2.54 bits per heavy atom. The number of anilines is 1. The number of hydrogen-bond acceptors (Lipinski definition) is 2. The normalized spacial score (nSPS) is 11.8. The van der Waals surface area contributed by atoms with Gasteiger partial charge in [0.1, 0.15) is 0 Å². The highest BCUT2D eigenvalue weighted by molar-refractivity contribution is 6.31. The van der Waals surface area contributed by atoms with Crippen LogP contribution in [0.4, 0.5) is 5.69 Å². The Hall–Kier alpha value is -2.26. The van der Waals surface area contributed by atoms with Gasteiger partial charge in [0.25, 0.3) is 0 Å². The molecule has 0 aliphatic carbocycles. The highest BCUT2D eigenvalue weighted by Gasteiger charge is 2.18. The summed E-state index contributed by atoms with van der Waals surface area (Å²) in [6, 6.07) is 12.3. The second-order valence-electron chi connectivity index (χ2n) is 7.54. The maximum Gasteiger partial charge on any atom is 0.223 e. The molecule has 0 saturated carbocycles. The number of benzene rings is 2. The van der Waals surface area contributed by atoms with E-state index < -0.39 is 0 Å². The molecule has 0 fully saturated rings. The molecule has 3 nitrogen and oxygen atoms in total. The standard InChI is InChI=1S/C24H31ClN2O/c1-7-20(14-21-11-8-17(4)12-22(21)25)24(28)26-15-19-10-9-18(5)23(13-19)27(6)16(2)3/h8-13,20H,2,7,14-15H2,1,3-6H3,(H,26,28). The molecular weight excluding hydrogens is 368 g/mol. The number of halogens is 1. The van der Waals surface area contributed by atoms with Crippen molar-refractivity contribution in [3.63, 3.8) is 0 Å². The summed E-state index contributed by atoms with van der Waals surface area (Å²) in [5, 5.41) is 3.83. The van der Waals surface area contributed by atoms with Gasteiger partial charge in [0.2, 0.25) is 5.91 Å². The number of carbonyl (C=O) groups is 1. The van der Waals surface area contributed by atoms with Crippen molar-refractivity contribution in [2.75, 3.05) is 11.9 Å². The van der Waals surface area contributed by atoms with Crippen molar-refractivity contribution in [2.45, 2.75) is 47.1 Å². The van der Waals surface area contributed by atoms with Crippen molar-refractivity contribution in [1.29, 1.82) is 0 Å². The van der Waals surface area contributed by atoms with Crippen LogP contribution in [0.5, 0.6) is 0 Å². The summed E-state index contributed by atoms with van der Waals surface area (Å²) in [6.45, 7) is 12.6. The molecule has 2 aromatic rings. The molecule has 2 rings (SSSR count). The quantitative estimate of drug-likeness (QED) is 0.608. The Kier molecular flexibility index (Phi) is 7.70. The molecule has 0 heterocycles. The number of hydrogen-bond donors (Lipinski definition) is 1. The Labute approximate surface area is 174 Å². The van der Waals surface area contributed by atoms with Crippen molar-refractivity contribution in [2.24, 2.45) is 5.92 Å². The van der Waals surface area contributed by atoms with Crippen LogP contribution in [0.2, 0.25) is 5.02 Å². The van der Waals surface area contributed by atoms with Crippen molar-refractivity contribution in [1.82, 2.24) is 5.32 Å². The fourth-order valence-electron chi connectivity index (χ4n) is 3.17. The van der Waals surface area contributed by atoms with E-state index in [1.165, 1.54) is 5.56 Å². The molecule has 0 bridgehead atoms. The summed E-state index contributed by atoms with van der Waals surface area (Å²) in [4.78, 5) is 14.8. The molecule has 4 heteroatoms. The van der Waals surface area contributed by atoms with Crippen LogP contribution in [0.3, 0.4) is 0 Å². The van der Waals surface area contributed by atoms with E-state index in [1.54, 1.807) is 0 Å². The number of amides is 1. The average molecular weight is 399 g/mol. The van der Waals surface area contributed by atoms with Crippen LogP contribution in [0.15, 0.2) is 48.7 Å². The van der Waals surface area contributed by atoms with Crippen LogP contribution in [0.1, 0.15) is 42.5 Å². The Morgan fingerprint density at radius 1 is 1.21 bits per heavy atom. The highest BCUT2D eigenvalue weighted by atomic mass is 35.5. The van der Waals surface area contributed by atoms with E-state index in [0.717, 1.165) is 39.5 Å². The summed E-state index contributed by atoms with van der Waals surface area (Å²) in [7, 11) is 2.01. The number of nitrogens with zero attached hydrogens (tertiary/aromatic N) is 1. The zero-order valence-electron chi connectivity index (χ0n) is 17.6. The van der Waals surface area contributed by atoms with Gasteiger partial charge in [0, 0.05) is 35.9 Å².